The van der Waals surface area contributed by atoms with Crippen molar-refractivity contribution >= 4 is 11.4 Å². The van der Waals surface area contributed by atoms with Crippen molar-refractivity contribution in [2.45, 2.75) is 47.5 Å². The molecule has 0 N–H and O–H groups in total. The zero-order chi connectivity index (χ0) is 30.3. The van der Waals surface area contributed by atoms with Gasteiger partial charge >= 0.3 is 0 Å². The predicted octanol–water partition coefficient (Wildman–Crippen LogP) is 10.5. The zero-order valence-corrected chi connectivity index (χ0v) is 26.8. The van der Waals surface area contributed by atoms with Gasteiger partial charge in [0.05, 0.1) is 0 Å². The summed E-state index contributed by atoms with van der Waals surface area (Å²) in [4.78, 5) is 4.85. The lowest BCUT2D eigenvalue weighted by atomic mass is 9.78. The average Bonchev–Trinajstić information content (AvgIpc) is 3.04. The Labute approximate surface area is 259 Å². The Hall–Kier alpha value is -4.30. The topological polar surface area (TPSA) is 6.48 Å². The molecule has 0 aliphatic rings. The molecule has 43 heavy (non-hydrogen) atoms. The number of nitrogens with zero attached hydrogens (tertiary/aromatic N) is 2. The fourth-order valence-corrected chi connectivity index (χ4v) is 6.63. The Bertz CT molecular complexity index is 1590. The number of aryl methyl sites for hydroxylation is 2. The van der Waals surface area contributed by atoms with Crippen LogP contribution in [0.2, 0.25) is 0 Å². The van der Waals surface area contributed by atoms with Gasteiger partial charge in [0.1, 0.15) is 0 Å². The van der Waals surface area contributed by atoms with Gasteiger partial charge in [0.2, 0.25) is 0 Å². The largest absolute Gasteiger partial charge is 0.372 e. The molecule has 2 heteroatoms. The molecule has 0 aliphatic heterocycles. The molecule has 5 rings (SSSR count). The van der Waals surface area contributed by atoms with E-state index >= 15 is 0 Å². The summed E-state index contributed by atoms with van der Waals surface area (Å²) in [5.41, 5.74) is 14.3. The number of hydrogen-bond donors (Lipinski definition) is 0. The molecule has 0 spiro atoms. The van der Waals surface area contributed by atoms with Crippen molar-refractivity contribution in [3.05, 3.63) is 143 Å². The van der Waals surface area contributed by atoms with Crippen molar-refractivity contribution in [1.82, 2.24) is 0 Å². The summed E-state index contributed by atoms with van der Waals surface area (Å²) in [6.45, 7) is 17.5. The fourth-order valence-electron chi connectivity index (χ4n) is 6.63. The van der Waals surface area contributed by atoms with E-state index in [1.54, 1.807) is 0 Å². The van der Waals surface area contributed by atoms with Crippen LogP contribution in [0.15, 0.2) is 115 Å². The highest BCUT2D eigenvalue weighted by Gasteiger charge is 2.24. The molecule has 0 aromatic heterocycles. The molecule has 220 valence electrons. The summed E-state index contributed by atoms with van der Waals surface area (Å²) in [5.74, 6) is 0.106. The van der Waals surface area contributed by atoms with Crippen LogP contribution in [0, 0.1) is 13.8 Å². The summed E-state index contributed by atoms with van der Waals surface area (Å²) in [7, 11) is 0. The van der Waals surface area contributed by atoms with Crippen molar-refractivity contribution in [2.24, 2.45) is 0 Å². The molecule has 0 atom stereocenters. The Balaban J connectivity index is 1.80. The summed E-state index contributed by atoms with van der Waals surface area (Å²) < 4.78 is 0. The van der Waals surface area contributed by atoms with E-state index in [0.717, 1.165) is 26.2 Å². The third-order valence-electron chi connectivity index (χ3n) is 8.91. The molecular weight excluding hydrogens is 520 g/mol. The van der Waals surface area contributed by atoms with E-state index < -0.39 is 0 Å². The monoisotopic (exact) mass is 566 g/mol. The second kappa shape index (κ2) is 13.8. The minimum Gasteiger partial charge on any atom is -0.372 e. The molecule has 0 amide bonds. The molecule has 0 saturated heterocycles. The molecule has 5 aromatic rings. The van der Waals surface area contributed by atoms with Gasteiger partial charge in [-0.2, -0.15) is 0 Å². The molecule has 0 radical (unpaired) electrons. The molecule has 0 saturated carbocycles. The first-order chi connectivity index (χ1) is 21.0. The first-order valence-corrected chi connectivity index (χ1v) is 15.9. The first-order valence-electron chi connectivity index (χ1n) is 15.9. The van der Waals surface area contributed by atoms with Crippen LogP contribution in [0.1, 0.15) is 61.4 Å². The van der Waals surface area contributed by atoms with Crippen LogP contribution in [-0.2, 0) is 0 Å². The minimum atomic E-state index is 0.106. The maximum atomic E-state index is 2.43. The van der Waals surface area contributed by atoms with Gasteiger partial charge in [0.15, 0.2) is 0 Å². The van der Waals surface area contributed by atoms with Crippen molar-refractivity contribution in [1.29, 1.82) is 0 Å². The van der Waals surface area contributed by atoms with Crippen molar-refractivity contribution in [3.8, 4) is 22.3 Å². The quantitative estimate of drug-likeness (QED) is 0.147. The van der Waals surface area contributed by atoms with Gasteiger partial charge in [-0.05, 0) is 116 Å². The van der Waals surface area contributed by atoms with E-state index in [1.807, 2.05) is 0 Å². The lowest BCUT2D eigenvalue weighted by Gasteiger charge is -2.27. The Morgan fingerprint density at radius 1 is 0.465 bits per heavy atom. The van der Waals surface area contributed by atoms with Crippen molar-refractivity contribution < 1.29 is 0 Å². The van der Waals surface area contributed by atoms with Crippen molar-refractivity contribution in [3.63, 3.8) is 0 Å². The predicted molar refractivity (Wildman–Crippen MR) is 188 cm³/mol. The van der Waals surface area contributed by atoms with E-state index in [4.69, 9.17) is 0 Å². The fraction of sp³-hybridized carbons (Fsp3) is 0.268. The van der Waals surface area contributed by atoms with Gasteiger partial charge in [-0.25, -0.2) is 0 Å². The van der Waals surface area contributed by atoms with Gasteiger partial charge in [0.25, 0.3) is 0 Å². The van der Waals surface area contributed by atoms with E-state index in [0.29, 0.717) is 0 Å². The van der Waals surface area contributed by atoms with Crippen LogP contribution in [0.25, 0.3) is 22.3 Å². The van der Waals surface area contributed by atoms with Gasteiger partial charge in [-0.15, -0.1) is 0 Å². The first kappa shape index (κ1) is 30.2. The molecule has 0 aliphatic carbocycles. The second-order valence-electron chi connectivity index (χ2n) is 11.4. The van der Waals surface area contributed by atoms with Gasteiger partial charge in [0, 0.05) is 43.5 Å². The van der Waals surface area contributed by atoms with Gasteiger partial charge in [-0.1, -0.05) is 91.0 Å². The average molecular weight is 567 g/mol. The van der Waals surface area contributed by atoms with Crippen LogP contribution in [0.5, 0.6) is 0 Å². The third-order valence-corrected chi connectivity index (χ3v) is 8.91. The number of anilines is 2. The minimum absolute atomic E-state index is 0.106. The normalized spacial score (nSPS) is 11.1. The van der Waals surface area contributed by atoms with Crippen LogP contribution in [-0.4, -0.2) is 26.2 Å². The maximum absolute atomic E-state index is 2.43. The highest BCUT2D eigenvalue weighted by atomic mass is 15.1. The highest BCUT2D eigenvalue weighted by molar-refractivity contribution is 5.90. The van der Waals surface area contributed by atoms with E-state index in [9.17, 15) is 0 Å². The summed E-state index contributed by atoms with van der Waals surface area (Å²) in [5, 5.41) is 0. The number of hydrogen-bond acceptors (Lipinski definition) is 2. The van der Waals surface area contributed by atoms with Crippen LogP contribution in [0.4, 0.5) is 11.4 Å². The van der Waals surface area contributed by atoms with Crippen LogP contribution < -0.4 is 9.80 Å². The Morgan fingerprint density at radius 3 is 1.37 bits per heavy atom. The Kier molecular flexibility index (Phi) is 9.67. The molecule has 2 nitrogen and oxygen atoms in total. The lowest BCUT2D eigenvalue weighted by molar-refractivity contribution is 0.865. The van der Waals surface area contributed by atoms with Gasteiger partial charge < -0.3 is 9.80 Å². The van der Waals surface area contributed by atoms with E-state index in [-0.39, 0.29) is 5.92 Å². The van der Waals surface area contributed by atoms with Crippen LogP contribution in [0.3, 0.4) is 0 Å². The standard InChI is InChI=1S/C41H46N2/c1-7-42(8-2)34-24-26-36(30(5)28-34)38-22-17-23-39(40(32-18-13-11-14-19-32)33-20-15-12-16-21-33)41(38)37-27-25-35(29-31(37)6)43(9-3)10-4/h11-29,40H,7-10H2,1-6H3. The Morgan fingerprint density at radius 2 is 0.930 bits per heavy atom. The SMILES string of the molecule is CCN(CC)c1ccc(-c2cccc(C(c3ccccc3)c3ccccc3)c2-c2ccc(N(CC)CC)cc2C)c(C)c1. The second-order valence-corrected chi connectivity index (χ2v) is 11.4. The maximum Gasteiger partial charge on any atom is 0.0369 e. The zero-order valence-electron chi connectivity index (χ0n) is 26.8. The van der Waals surface area contributed by atoms with E-state index in [1.165, 1.54) is 61.4 Å². The smallest absolute Gasteiger partial charge is 0.0369 e. The van der Waals surface area contributed by atoms with Gasteiger partial charge in [-0.3, -0.25) is 0 Å². The summed E-state index contributed by atoms with van der Waals surface area (Å²) in [6.07, 6.45) is 0. The lowest BCUT2D eigenvalue weighted by Crippen LogP contribution is -2.21. The number of benzene rings is 5. The summed E-state index contributed by atoms with van der Waals surface area (Å²) in [6, 6.07) is 42.9. The van der Waals surface area contributed by atoms with Crippen LogP contribution >= 0.6 is 0 Å². The van der Waals surface area contributed by atoms with E-state index in [2.05, 4.69) is 167 Å². The molecule has 0 fully saturated rings. The number of rotatable bonds is 11. The third kappa shape index (κ3) is 6.25. The molecular formula is C41H46N2. The molecule has 5 aromatic carbocycles. The van der Waals surface area contributed by atoms with Crippen molar-refractivity contribution in [2.75, 3.05) is 36.0 Å². The summed E-state index contributed by atoms with van der Waals surface area (Å²) >= 11 is 0. The molecule has 0 unspecified atom stereocenters. The highest BCUT2D eigenvalue weighted by Crippen LogP contribution is 2.45. The molecule has 0 heterocycles. The molecule has 0 bridgehead atoms.